The summed E-state index contributed by atoms with van der Waals surface area (Å²) in [6.45, 7) is 0. The second-order valence-electron chi connectivity index (χ2n) is 7.17. The van der Waals surface area contributed by atoms with Crippen LogP contribution in [0.15, 0.2) is 23.5 Å². The van der Waals surface area contributed by atoms with E-state index in [9.17, 15) is 55.5 Å². The largest absolute Gasteiger partial charge is 0.511 e. The number of non-ortho nitro benzene ring substituents is 1. The molecular formula is C17H14N4O13. The van der Waals surface area contributed by atoms with E-state index < -0.39 is 95.0 Å². The Hall–Kier alpha value is -4.83. The summed E-state index contributed by atoms with van der Waals surface area (Å²) in [6.07, 6.45) is 0. The monoisotopic (exact) mass is 482 g/mol. The fraction of sp³-hybridized carbons (Fsp3) is 0.353. The number of nitro groups is 3. The van der Waals surface area contributed by atoms with E-state index in [1.54, 1.807) is 0 Å². The van der Waals surface area contributed by atoms with E-state index in [2.05, 4.69) is 9.47 Å². The summed E-state index contributed by atoms with van der Waals surface area (Å²) >= 11 is 0. The van der Waals surface area contributed by atoms with Gasteiger partial charge in [-0.1, -0.05) is 0 Å². The molecule has 2 N–H and O–H groups in total. The van der Waals surface area contributed by atoms with Crippen LogP contribution in [-0.4, -0.2) is 67.9 Å². The quantitative estimate of drug-likeness (QED) is 0.189. The van der Waals surface area contributed by atoms with Gasteiger partial charge in [0.15, 0.2) is 0 Å². The van der Waals surface area contributed by atoms with Crippen LogP contribution in [0.3, 0.4) is 0 Å². The van der Waals surface area contributed by atoms with E-state index in [1.807, 2.05) is 0 Å². The van der Waals surface area contributed by atoms with Gasteiger partial charge in [-0.2, -0.15) is 0 Å². The molecule has 180 valence electrons. The number of nitro benzene ring substituents is 2. The van der Waals surface area contributed by atoms with Crippen molar-refractivity contribution in [2.75, 3.05) is 14.2 Å². The SMILES string of the molecule is COC(=O)C1=C(O)[C@H](C(=O)OC)[C@@H]2C(=[N+]([O-])O)c3c(cc([N+](=O)[O-])cc3[N+](=O)[O-])[C@@H]1[C@H]2[N+](=O)[O-]. The van der Waals surface area contributed by atoms with E-state index in [0.717, 1.165) is 14.2 Å². The number of aliphatic hydroxyl groups excluding tert-OH is 1. The first-order valence-electron chi connectivity index (χ1n) is 9.11. The van der Waals surface area contributed by atoms with E-state index in [4.69, 9.17) is 0 Å². The summed E-state index contributed by atoms with van der Waals surface area (Å²) in [6, 6.07) is -1.10. The van der Waals surface area contributed by atoms with Crippen molar-refractivity contribution in [1.82, 2.24) is 0 Å². The maximum Gasteiger partial charge on any atom is 0.338 e. The number of esters is 2. The van der Waals surface area contributed by atoms with Crippen LogP contribution in [0.2, 0.25) is 0 Å². The van der Waals surface area contributed by atoms with Crippen molar-refractivity contribution in [3.63, 3.8) is 0 Å². The maximum atomic E-state index is 12.6. The average Bonchev–Trinajstić information content (AvgIpc) is 2.76. The Morgan fingerprint density at radius 1 is 1.00 bits per heavy atom. The van der Waals surface area contributed by atoms with Gasteiger partial charge in [-0.25, -0.2) is 4.79 Å². The number of carbonyl (C=O) groups is 2. The molecule has 0 saturated carbocycles. The second-order valence-corrected chi connectivity index (χ2v) is 7.17. The second kappa shape index (κ2) is 8.26. The molecule has 3 rings (SSSR count). The van der Waals surface area contributed by atoms with Gasteiger partial charge in [-0.05, 0) is 5.56 Å². The number of methoxy groups -OCH3 is 2. The minimum absolute atomic E-state index is 0.444. The molecule has 0 aliphatic heterocycles. The van der Waals surface area contributed by atoms with Gasteiger partial charge in [0.25, 0.3) is 17.1 Å². The van der Waals surface area contributed by atoms with Crippen molar-refractivity contribution < 1.29 is 49.0 Å². The van der Waals surface area contributed by atoms with Gasteiger partial charge < -0.3 is 19.8 Å². The molecule has 4 atom stereocenters. The molecule has 0 amide bonds. The summed E-state index contributed by atoms with van der Waals surface area (Å²) in [7, 11) is 1.67. The zero-order valence-corrected chi connectivity index (χ0v) is 17.1. The first-order chi connectivity index (χ1) is 15.9. The van der Waals surface area contributed by atoms with Gasteiger partial charge in [0, 0.05) is 15.9 Å². The standard InChI is InChI=1S/C17H14N4O13/c1-33-16(23)11-9-6-3-5(18(25)26)4-7(19(27)28)8(6)13(20(29)30)10(14(9)21(31)32)12(15(11)22)17(24)34-2/h3-4,9-10,12,14,22H,1-2H3,(H,29,30)/t9-,10+,12+,14+/m0/s1. The molecule has 0 unspecified atom stereocenters. The van der Waals surface area contributed by atoms with Crippen molar-refractivity contribution >= 4 is 29.0 Å². The molecule has 0 heterocycles. The molecule has 0 saturated heterocycles. The molecule has 2 aliphatic rings. The molecule has 17 nitrogen and oxygen atoms in total. The Balaban J connectivity index is 2.63. The molecule has 1 aromatic carbocycles. The Labute approximate surface area is 187 Å². The number of aliphatic hydroxyl groups is 1. The van der Waals surface area contributed by atoms with Crippen molar-refractivity contribution in [2.45, 2.75) is 12.0 Å². The van der Waals surface area contributed by atoms with Crippen LogP contribution in [0.25, 0.3) is 0 Å². The van der Waals surface area contributed by atoms with E-state index in [-0.39, 0.29) is 0 Å². The van der Waals surface area contributed by atoms with Crippen LogP contribution in [0.4, 0.5) is 11.4 Å². The number of rotatable bonds is 5. The van der Waals surface area contributed by atoms with Gasteiger partial charge >= 0.3 is 11.9 Å². The highest BCUT2D eigenvalue weighted by molar-refractivity contribution is 6.10. The van der Waals surface area contributed by atoms with Gasteiger partial charge in [-0.15, -0.1) is 0 Å². The minimum Gasteiger partial charge on any atom is -0.511 e. The number of hydrogen-bond donors (Lipinski definition) is 2. The lowest BCUT2D eigenvalue weighted by Crippen LogP contribution is -2.56. The number of fused-ring (bicyclic) bond motifs is 4. The zero-order valence-electron chi connectivity index (χ0n) is 17.1. The first-order valence-corrected chi connectivity index (χ1v) is 9.11. The number of carbonyl (C=O) groups excluding carboxylic acids is 2. The molecule has 17 heteroatoms. The highest BCUT2D eigenvalue weighted by Crippen LogP contribution is 2.53. The topological polar surface area (TPSA) is 249 Å². The van der Waals surface area contributed by atoms with E-state index in [1.165, 1.54) is 0 Å². The van der Waals surface area contributed by atoms with Crippen LogP contribution in [0.1, 0.15) is 17.0 Å². The first kappa shape index (κ1) is 23.8. The lowest BCUT2D eigenvalue weighted by atomic mass is 9.60. The Morgan fingerprint density at radius 3 is 2.06 bits per heavy atom. The van der Waals surface area contributed by atoms with E-state index >= 15 is 0 Å². The number of nitrogens with zero attached hydrogens (tertiary/aromatic N) is 4. The van der Waals surface area contributed by atoms with Crippen LogP contribution in [-0.2, 0) is 19.1 Å². The van der Waals surface area contributed by atoms with Crippen molar-refractivity contribution in [2.24, 2.45) is 11.8 Å². The van der Waals surface area contributed by atoms with Crippen LogP contribution in [0, 0.1) is 47.4 Å². The van der Waals surface area contributed by atoms with Crippen LogP contribution < -0.4 is 0 Å². The van der Waals surface area contributed by atoms with E-state index in [0.29, 0.717) is 12.1 Å². The molecular weight excluding hydrogens is 468 g/mol. The van der Waals surface area contributed by atoms with Crippen molar-refractivity contribution in [3.05, 3.63) is 70.1 Å². The predicted octanol–water partition coefficient (Wildman–Crippen LogP) is 0.338. The highest BCUT2D eigenvalue weighted by atomic mass is 16.8. The third-order valence-corrected chi connectivity index (χ3v) is 5.71. The summed E-state index contributed by atoms with van der Waals surface area (Å²) < 4.78 is 9.10. The Bertz CT molecular complexity index is 1220. The fourth-order valence-electron chi connectivity index (χ4n) is 4.51. The van der Waals surface area contributed by atoms with Gasteiger partial charge in [0.05, 0.1) is 41.6 Å². The van der Waals surface area contributed by atoms with Gasteiger partial charge in [0.1, 0.15) is 23.2 Å². The molecule has 0 spiro atoms. The zero-order chi connectivity index (χ0) is 25.6. The highest BCUT2D eigenvalue weighted by Gasteiger charge is 2.66. The van der Waals surface area contributed by atoms with Crippen LogP contribution in [0.5, 0.6) is 0 Å². The van der Waals surface area contributed by atoms with Gasteiger partial charge in [0.2, 0.25) is 6.04 Å². The number of benzene rings is 1. The summed E-state index contributed by atoms with van der Waals surface area (Å²) in [4.78, 5) is 56.1. The minimum atomic E-state index is -2.18. The lowest BCUT2D eigenvalue weighted by molar-refractivity contribution is -0.728. The normalized spacial score (nSPS) is 24.5. The van der Waals surface area contributed by atoms with Gasteiger partial charge in [-0.3, -0.25) is 40.3 Å². The lowest BCUT2D eigenvalue weighted by Gasteiger charge is -2.39. The van der Waals surface area contributed by atoms with Crippen molar-refractivity contribution in [3.8, 4) is 0 Å². The molecule has 1 aromatic rings. The predicted molar refractivity (Wildman–Crippen MR) is 103 cm³/mol. The summed E-state index contributed by atoms with van der Waals surface area (Å²) in [5.41, 5.74) is -5.47. The molecule has 0 aromatic heterocycles. The van der Waals surface area contributed by atoms with Crippen molar-refractivity contribution in [1.29, 1.82) is 0 Å². The Kier molecular flexibility index (Phi) is 5.79. The maximum absolute atomic E-state index is 12.6. The number of hydrogen-bond acceptors (Lipinski definition) is 13. The molecule has 0 fully saturated rings. The third kappa shape index (κ3) is 3.29. The van der Waals surface area contributed by atoms with Crippen LogP contribution >= 0.6 is 0 Å². The third-order valence-electron chi connectivity index (χ3n) is 5.71. The fourth-order valence-corrected chi connectivity index (χ4v) is 4.51. The number of ether oxygens (including phenoxy) is 2. The molecule has 34 heavy (non-hydrogen) atoms. The smallest absolute Gasteiger partial charge is 0.338 e. The summed E-state index contributed by atoms with van der Waals surface area (Å²) in [5, 5.41) is 68.0. The average molecular weight is 482 g/mol. The molecule has 0 radical (unpaired) electrons. The Morgan fingerprint density at radius 2 is 1.62 bits per heavy atom. The molecule has 2 bridgehead atoms. The summed E-state index contributed by atoms with van der Waals surface area (Å²) in [5.74, 6) is -10.0. The molecule has 2 aliphatic carbocycles.